The second-order valence-electron chi connectivity index (χ2n) is 5.08. The van der Waals surface area contributed by atoms with Crippen LogP contribution in [-0.2, 0) is 0 Å². The van der Waals surface area contributed by atoms with Crippen molar-refractivity contribution in [3.8, 4) is 0 Å². The van der Waals surface area contributed by atoms with Crippen molar-refractivity contribution in [2.24, 2.45) is 11.8 Å². The zero-order valence-corrected chi connectivity index (χ0v) is 11.4. The molecule has 2 unspecified atom stereocenters. The van der Waals surface area contributed by atoms with E-state index in [9.17, 15) is 0 Å². The minimum atomic E-state index is 0.625. The first kappa shape index (κ1) is 12.6. The van der Waals surface area contributed by atoms with Crippen molar-refractivity contribution in [2.45, 2.75) is 25.7 Å². The Morgan fingerprint density at radius 2 is 2.11 bits per heavy atom. The molecule has 6 nitrogen and oxygen atoms in total. The first-order chi connectivity index (χ1) is 9.36. The second kappa shape index (κ2) is 5.69. The van der Waals surface area contributed by atoms with E-state index in [0.717, 1.165) is 18.2 Å². The van der Waals surface area contributed by atoms with Crippen LogP contribution < -0.4 is 5.32 Å². The van der Waals surface area contributed by atoms with E-state index >= 15 is 0 Å². The third-order valence-corrected chi connectivity index (χ3v) is 4.28. The highest BCUT2D eigenvalue weighted by Gasteiger charge is 2.24. The zero-order chi connectivity index (χ0) is 13.1. The van der Waals surface area contributed by atoms with E-state index in [1.165, 1.54) is 30.3 Å². The lowest BCUT2D eigenvalue weighted by atomic mass is 9.80. The number of aromatic nitrogens is 5. The van der Waals surface area contributed by atoms with Crippen molar-refractivity contribution in [3.05, 3.63) is 12.1 Å². The quantitative estimate of drug-likeness (QED) is 0.868. The summed E-state index contributed by atoms with van der Waals surface area (Å²) in [6.45, 7) is 0.915. The molecule has 0 spiro atoms. The Balaban J connectivity index is 1.64. The minimum Gasteiger partial charge on any atom is -0.368 e. The molecule has 7 heteroatoms. The number of anilines is 1. The molecule has 0 bridgehead atoms. The number of fused-ring (bicyclic) bond motifs is 1. The monoisotopic (exact) mass is 280 g/mol. The van der Waals surface area contributed by atoms with Crippen LogP contribution in [0.25, 0.3) is 5.65 Å². The van der Waals surface area contributed by atoms with Gasteiger partial charge in [-0.25, -0.2) is 0 Å². The average molecular weight is 281 g/mol. The molecule has 2 aromatic heterocycles. The van der Waals surface area contributed by atoms with Crippen LogP contribution in [0.3, 0.4) is 0 Å². The summed E-state index contributed by atoms with van der Waals surface area (Å²) in [6.07, 6.45) is 5.11. The lowest BCUT2D eigenvalue weighted by Crippen LogP contribution is -2.27. The summed E-state index contributed by atoms with van der Waals surface area (Å²) in [5.74, 6) is 2.82. The molecule has 0 saturated heterocycles. The highest BCUT2D eigenvalue weighted by Crippen LogP contribution is 2.30. The van der Waals surface area contributed by atoms with Crippen LogP contribution in [0.4, 0.5) is 5.82 Å². The number of halogens is 1. The normalized spacial score (nSPS) is 23.6. The van der Waals surface area contributed by atoms with E-state index < -0.39 is 0 Å². The van der Waals surface area contributed by atoms with E-state index in [-0.39, 0.29) is 0 Å². The number of tetrazole rings is 1. The Hall–Kier alpha value is -1.43. The van der Waals surface area contributed by atoms with Gasteiger partial charge >= 0.3 is 0 Å². The fourth-order valence-corrected chi connectivity index (χ4v) is 3.14. The number of nitrogens with zero attached hydrogens (tertiary/aromatic N) is 5. The van der Waals surface area contributed by atoms with Crippen LogP contribution in [0.2, 0.25) is 0 Å². The van der Waals surface area contributed by atoms with E-state index in [2.05, 4.69) is 25.9 Å². The molecule has 1 saturated carbocycles. The summed E-state index contributed by atoms with van der Waals surface area (Å²) in [4.78, 5) is 0. The van der Waals surface area contributed by atoms with Gasteiger partial charge in [0.1, 0.15) is 5.82 Å². The number of rotatable bonds is 4. The Kier molecular flexibility index (Phi) is 3.77. The maximum absolute atomic E-state index is 6.05. The van der Waals surface area contributed by atoms with Crippen LogP contribution in [0, 0.1) is 11.8 Å². The molecule has 2 heterocycles. The van der Waals surface area contributed by atoms with E-state index in [4.69, 9.17) is 11.6 Å². The molecule has 2 atom stereocenters. The van der Waals surface area contributed by atoms with Gasteiger partial charge in [-0.15, -0.1) is 26.4 Å². The third-order valence-electron chi connectivity index (χ3n) is 3.88. The first-order valence-corrected chi connectivity index (χ1v) is 7.25. The molecule has 1 aliphatic carbocycles. The zero-order valence-electron chi connectivity index (χ0n) is 10.7. The number of hydrogen-bond acceptors (Lipinski definition) is 5. The van der Waals surface area contributed by atoms with Gasteiger partial charge < -0.3 is 5.32 Å². The predicted octanol–water partition coefficient (Wildman–Crippen LogP) is 1.98. The third kappa shape index (κ3) is 2.78. The molecule has 3 rings (SSSR count). The Labute approximate surface area is 116 Å². The summed E-state index contributed by atoms with van der Waals surface area (Å²) in [5.41, 5.74) is 0.654. The largest absolute Gasteiger partial charge is 0.368 e. The van der Waals surface area contributed by atoms with Crippen molar-refractivity contribution in [1.29, 1.82) is 0 Å². The Morgan fingerprint density at radius 3 is 2.95 bits per heavy atom. The van der Waals surface area contributed by atoms with Gasteiger partial charge in [0.15, 0.2) is 5.65 Å². The maximum atomic E-state index is 6.05. The van der Waals surface area contributed by atoms with Gasteiger partial charge in [0.25, 0.3) is 0 Å². The summed E-state index contributed by atoms with van der Waals surface area (Å²) in [6, 6.07) is 3.76. The molecule has 1 N–H and O–H groups in total. The van der Waals surface area contributed by atoms with Crippen LogP contribution in [-0.4, -0.2) is 37.7 Å². The standard InChI is InChI=1S/C12H17ClN6/c13-7-9-3-1-2-4-10(9)8-14-11-5-6-12-15-17-18-19(12)16-11/h5-6,9-10H,1-4,7-8H2,(H,14,16). The second-order valence-corrected chi connectivity index (χ2v) is 5.39. The fraction of sp³-hybridized carbons (Fsp3) is 0.667. The molecule has 1 fully saturated rings. The summed E-state index contributed by atoms with van der Waals surface area (Å²) in [5, 5.41) is 18.9. The number of nitrogens with one attached hydrogen (secondary N) is 1. The average Bonchev–Trinajstić information content (AvgIpc) is 2.93. The number of alkyl halides is 1. The Bertz CT molecular complexity index is 542. The van der Waals surface area contributed by atoms with Crippen molar-refractivity contribution in [2.75, 3.05) is 17.7 Å². The van der Waals surface area contributed by atoms with Gasteiger partial charge in [0.2, 0.25) is 0 Å². The van der Waals surface area contributed by atoms with Crippen LogP contribution >= 0.6 is 11.6 Å². The van der Waals surface area contributed by atoms with Crippen LogP contribution in [0.1, 0.15) is 25.7 Å². The van der Waals surface area contributed by atoms with Crippen LogP contribution in [0.5, 0.6) is 0 Å². The molecule has 19 heavy (non-hydrogen) atoms. The van der Waals surface area contributed by atoms with Crippen molar-refractivity contribution in [3.63, 3.8) is 0 Å². The number of hydrogen-bond donors (Lipinski definition) is 1. The molecule has 102 valence electrons. The molecule has 1 aliphatic rings. The van der Waals surface area contributed by atoms with Gasteiger partial charge in [-0.3, -0.25) is 0 Å². The lowest BCUT2D eigenvalue weighted by Gasteiger charge is -2.30. The molecule has 0 aliphatic heterocycles. The van der Waals surface area contributed by atoms with Gasteiger partial charge in [-0.2, -0.15) is 0 Å². The lowest BCUT2D eigenvalue weighted by molar-refractivity contribution is 0.272. The summed E-state index contributed by atoms with van der Waals surface area (Å²) in [7, 11) is 0. The summed E-state index contributed by atoms with van der Waals surface area (Å²) < 4.78 is 1.43. The van der Waals surface area contributed by atoms with Crippen LogP contribution in [0.15, 0.2) is 12.1 Å². The molecule has 0 amide bonds. The highest BCUT2D eigenvalue weighted by atomic mass is 35.5. The van der Waals surface area contributed by atoms with E-state index in [1.54, 1.807) is 0 Å². The topological polar surface area (TPSA) is 68.0 Å². The molecular formula is C12H17ClN6. The fourth-order valence-electron chi connectivity index (χ4n) is 2.74. The van der Waals surface area contributed by atoms with Gasteiger partial charge in [0, 0.05) is 12.4 Å². The Morgan fingerprint density at radius 1 is 1.26 bits per heavy atom. The summed E-state index contributed by atoms with van der Waals surface area (Å²) >= 11 is 6.05. The predicted molar refractivity (Wildman–Crippen MR) is 73.2 cm³/mol. The van der Waals surface area contributed by atoms with Crippen molar-refractivity contribution >= 4 is 23.1 Å². The van der Waals surface area contributed by atoms with Crippen molar-refractivity contribution in [1.82, 2.24) is 25.3 Å². The van der Waals surface area contributed by atoms with E-state index in [0.29, 0.717) is 17.5 Å². The molecular weight excluding hydrogens is 264 g/mol. The van der Waals surface area contributed by atoms with Gasteiger partial charge in [0.05, 0.1) is 0 Å². The molecule has 2 aromatic rings. The van der Waals surface area contributed by atoms with Gasteiger partial charge in [-0.05, 0) is 47.2 Å². The first-order valence-electron chi connectivity index (χ1n) is 6.72. The molecule has 0 aromatic carbocycles. The van der Waals surface area contributed by atoms with E-state index in [1.807, 2.05) is 12.1 Å². The highest BCUT2D eigenvalue weighted by molar-refractivity contribution is 6.18. The molecule has 0 radical (unpaired) electrons. The smallest absolute Gasteiger partial charge is 0.200 e. The SMILES string of the molecule is ClCC1CCCCC1CNc1ccc2nnnn2n1. The van der Waals surface area contributed by atoms with Crippen molar-refractivity contribution < 1.29 is 0 Å². The van der Waals surface area contributed by atoms with Gasteiger partial charge in [-0.1, -0.05) is 12.8 Å². The minimum absolute atomic E-state index is 0.625. The maximum Gasteiger partial charge on any atom is 0.200 e.